The van der Waals surface area contributed by atoms with Crippen LogP contribution >= 0.6 is 15.9 Å². The second kappa shape index (κ2) is 4.05. The van der Waals surface area contributed by atoms with E-state index in [1.165, 1.54) is 0 Å². The standard InChI is InChI=1S/C10H7BrN2O3/c1-5-2-6(4-7(11)3-5)8-12-13-9(16-8)10(14)15/h2-4H,1H3,(H,14,15). The molecule has 0 atom stereocenters. The van der Waals surface area contributed by atoms with Crippen molar-refractivity contribution in [2.24, 2.45) is 0 Å². The highest BCUT2D eigenvalue weighted by molar-refractivity contribution is 9.10. The van der Waals surface area contributed by atoms with Gasteiger partial charge in [-0.25, -0.2) is 4.79 Å². The van der Waals surface area contributed by atoms with E-state index in [9.17, 15) is 4.79 Å². The largest absolute Gasteiger partial charge is 0.474 e. The van der Waals surface area contributed by atoms with Crippen LogP contribution in [0.1, 0.15) is 16.2 Å². The smallest absolute Gasteiger partial charge is 0.393 e. The molecule has 2 aromatic rings. The van der Waals surface area contributed by atoms with Crippen LogP contribution in [0.3, 0.4) is 0 Å². The molecule has 16 heavy (non-hydrogen) atoms. The van der Waals surface area contributed by atoms with Gasteiger partial charge in [0.25, 0.3) is 0 Å². The maximum atomic E-state index is 10.6. The summed E-state index contributed by atoms with van der Waals surface area (Å²) in [5, 5.41) is 15.7. The number of carboxylic acids is 1. The van der Waals surface area contributed by atoms with Crippen molar-refractivity contribution in [1.82, 2.24) is 10.2 Å². The van der Waals surface area contributed by atoms with Crippen LogP contribution in [0.4, 0.5) is 0 Å². The zero-order valence-electron chi connectivity index (χ0n) is 8.27. The number of rotatable bonds is 2. The maximum Gasteiger partial charge on any atom is 0.393 e. The fraction of sp³-hybridized carbons (Fsp3) is 0.100. The first-order valence-corrected chi connectivity index (χ1v) is 5.20. The summed E-state index contributed by atoms with van der Waals surface area (Å²) < 4.78 is 5.87. The van der Waals surface area contributed by atoms with E-state index in [1.54, 1.807) is 6.07 Å². The van der Waals surface area contributed by atoms with Crippen molar-refractivity contribution in [3.05, 3.63) is 34.1 Å². The van der Waals surface area contributed by atoms with Crippen molar-refractivity contribution in [2.75, 3.05) is 0 Å². The molecule has 6 heteroatoms. The molecule has 0 spiro atoms. The van der Waals surface area contributed by atoms with Gasteiger partial charge in [-0.2, -0.15) is 0 Å². The summed E-state index contributed by atoms with van der Waals surface area (Å²) in [5.74, 6) is -1.44. The van der Waals surface area contributed by atoms with Gasteiger partial charge in [0.05, 0.1) is 0 Å². The van der Waals surface area contributed by atoms with E-state index in [0.29, 0.717) is 5.56 Å². The van der Waals surface area contributed by atoms with E-state index in [0.717, 1.165) is 10.0 Å². The summed E-state index contributed by atoms with van der Waals surface area (Å²) in [6.07, 6.45) is 0. The lowest BCUT2D eigenvalue weighted by molar-refractivity contribution is 0.0654. The topological polar surface area (TPSA) is 76.2 Å². The Hall–Kier alpha value is -1.69. The van der Waals surface area contributed by atoms with Gasteiger partial charge in [-0.1, -0.05) is 15.9 Å². The highest BCUT2D eigenvalue weighted by Crippen LogP contribution is 2.23. The van der Waals surface area contributed by atoms with Crippen molar-refractivity contribution in [3.8, 4) is 11.5 Å². The van der Waals surface area contributed by atoms with E-state index < -0.39 is 11.9 Å². The van der Waals surface area contributed by atoms with Gasteiger partial charge in [-0.15, -0.1) is 10.2 Å². The predicted molar refractivity (Wildman–Crippen MR) is 59.1 cm³/mol. The Morgan fingerprint density at radius 1 is 1.38 bits per heavy atom. The molecule has 1 N–H and O–H groups in total. The molecule has 0 aliphatic carbocycles. The predicted octanol–water partition coefficient (Wildman–Crippen LogP) is 2.51. The Bertz CT molecular complexity index is 530. The van der Waals surface area contributed by atoms with Crippen LogP contribution in [-0.4, -0.2) is 21.3 Å². The van der Waals surface area contributed by atoms with E-state index in [-0.39, 0.29) is 5.89 Å². The van der Waals surface area contributed by atoms with Crippen LogP contribution in [0.15, 0.2) is 27.1 Å². The highest BCUT2D eigenvalue weighted by Gasteiger charge is 2.14. The lowest BCUT2D eigenvalue weighted by atomic mass is 10.1. The molecular formula is C10H7BrN2O3. The minimum Gasteiger partial charge on any atom is -0.474 e. The summed E-state index contributed by atoms with van der Waals surface area (Å²) in [6.45, 7) is 1.92. The summed E-state index contributed by atoms with van der Waals surface area (Å²) >= 11 is 3.34. The van der Waals surface area contributed by atoms with E-state index in [4.69, 9.17) is 9.52 Å². The van der Waals surface area contributed by atoms with E-state index in [2.05, 4.69) is 26.1 Å². The number of aryl methyl sites for hydroxylation is 1. The zero-order chi connectivity index (χ0) is 11.7. The number of carbonyl (C=O) groups is 1. The van der Waals surface area contributed by atoms with Crippen LogP contribution in [0, 0.1) is 6.92 Å². The minimum absolute atomic E-state index is 0.196. The van der Waals surface area contributed by atoms with Gasteiger partial charge in [-0.3, -0.25) is 0 Å². The fourth-order valence-corrected chi connectivity index (χ4v) is 1.89. The third kappa shape index (κ3) is 2.11. The number of benzene rings is 1. The lowest BCUT2D eigenvalue weighted by Crippen LogP contribution is -1.95. The van der Waals surface area contributed by atoms with Crippen molar-refractivity contribution in [1.29, 1.82) is 0 Å². The zero-order valence-corrected chi connectivity index (χ0v) is 9.85. The number of nitrogens with zero attached hydrogens (tertiary/aromatic N) is 2. The quantitative estimate of drug-likeness (QED) is 0.916. The molecule has 0 bridgehead atoms. The first-order valence-electron chi connectivity index (χ1n) is 4.40. The summed E-state index contributed by atoms with van der Waals surface area (Å²) in [5.41, 5.74) is 1.70. The highest BCUT2D eigenvalue weighted by atomic mass is 79.9. The first kappa shape index (κ1) is 10.8. The van der Waals surface area contributed by atoms with Gasteiger partial charge in [0, 0.05) is 10.0 Å². The van der Waals surface area contributed by atoms with Crippen molar-refractivity contribution in [2.45, 2.75) is 6.92 Å². The molecule has 2 rings (SSSR count). The van der Waals surface area contributed by atoms with E-state index in [1.807, 2.05) is 19.1 Å². The monoisotopic (exact) mass is 282 g/mol. The maximum absolute atomic E-state index is 10.6. The number of carboxylic acid groups (broad SMARTS) is 1. The Morgan fingerprint density at radius 2 is 2.12 bits per heavy atom. The van der Waals surface area contributed by atoms with Crippen molar-refractivity contribution < 1.29 is 14.3 Å². The fourth-order valence-electron chi connectivity index (χ4n) is 1.29. The number of hydrogen-bond acceptors (Lipinski definition) is 4. The number of aromatic nitrogens is 2. The molecule has 0 saturated carbocycles. The van der Waals surface area contributed by atoms with Crippen molar-refractivity contribution >= 4 is 21.9 Å². The first-order chi connectivity index (χ1) is 7.56. The summed E-state index contributed by atoms with van der Waals surface area (Å²) in [6, 6.07) is 5.55. The molecule has 1 aromatic carbocycles. The van der Waals surface area contributed by atoms with Gasteiger partial charge in [0.1, 0.15) is 0 Å². The average molecular weight is 283 g/mol. The molecule has 0 radical (unpaired) electrons. The second-order valence-corrected chi connectivity index (χ2v) is 4.15. The van der Waals surface area contributed by atoms with Crippen LogP contribution in [0.5, 0.6) is 0 Å². The Kier molecular flexibility index (Phi) is 2.74. The third-order valence-corrected chi connectivity index (χ3v) is 2.35. The van der Waals surface area contributed by atoms with Crippen LogP contribution in [-0.2, 0) is 0 Å². The van der Waals surface area contributed by atoms with Crippen LogP contribution in [0.2, 0.25) is 0 Å². The number of halogens is 1. The average Bonchev–Trinajstić information content (AvgIpc) is 2.64. The SMILES string of the molecule is Cc1cc(Br)cc(-c2nnc(C(=O)O)o2)c1. The number of aromatic carboxylic acids is 1. The molecular weight excluding hydrogens is 276 g/mol. The van der Waals surface area contributed by atoms with Crippen molar-refractivity contribution in [3.63, 3.8) is 0 Å². The molecule has 0 saturated heterocycles. The molecule has 0 aliphatic rings. The normalized spacial score (nSPS) is 10.4. The second-order valence-electron chi connectivity index (χ2n) is 3.23. The van der Waals surface area contributed by atoms with Gasteiger partial charge < -0.3 is 9.52 Å². The van der Waals surface area contributed by atoms with Crippen LogP contribution in [0.25, 0.3) is 11.5 Å². The summed E-state index contributed by atoms with van der Waals surface area (Å²) in [7, 11) is 0. The Morgan fingerprint density at radius 3 is 2.69 bits per heavy atom. The number of hydrogen-bond donors (Lipinski definition) is 1. The summed E-state index contributed by atoms with van der Waals surface area (Å²) in [4.78, 5) is 10.6. The van der Waals surface area contributed by atoms with Gasteiger partial charge in [-0.05, 0) is 30.7 Å². The molecule has 1 aromatic heterocycles. The molecule has 5 nitrogen and oxygen atoms in total. The van der Waals surface area contributed by atoms with Crippen LogP contribution < -0.4 is 0 Å². The molecule has 1 heterocycles. The van der Waals surface area contributed by atoms with E-state index >= 15 is 0 Å². The molecule has 0 fully saturated rings. The van der Waals surface area contributed by atoms with Gasteiger partial charge in [0.2, 0.25) is 5.89 Å². The van der Waals surface area contributed by atoms with Gasteiger partial charge in [0.15, 0.2) is 0 Å². The van der Waals surface area contributed by atoms with Gasteiger partial charge >= 0.3 is 11.9 Å². The Labute approximate surface area is 99.2 Å². The molecule has 0 unspecified atom stereocenters. The molecule has 82 valence electrons. The minimum atomic E-state index is -1.23. The molecule has 0 amide bonds. The third-order valence-electron chi connectivity index (χ3n) is 1.90. The molecule has 0 aliphatic heterocycles. The Balaban J connectivity index is 2.46. The lowest BCUT2D eigenvalue weighted by Gasteiger charge is -1.98.